The number of likely N-dealkylation sites (N-methyl/N-ethyl adjacent to an activating group) is 1. The Hall–Kier alpha value is -3.40. The van der Waals surface area contributed by atoms with Crippen molar-refractivity contribution in [1.82, 2.24) is 4.90 Å². The topological polar surface area (TPSA) is 46.6 Å². The van der Waals surface area contributed by atoms with Gasteiger partial charge in [-0.3, -0.25) is 4.79 Å². The minimum Gasteiger partial charge on any atom is -0.467 e. The lowest BCUT2D eigenvalue weighted by Gasteiger charge is -2.26. The van der Waals surface area contributed by atoms with Crippen molar-refractivity contribution < 1.29 is 14.3 Å². The Morgan fingerprint density at radius 1 is 0.867 bits per heavy atom. The van der Waals surface area contributed by atoms with Crippen molar-refractivity contribution in [3.8, 4) is 11.1 Å². The van der Waals surface area contributed by atoms with Crippen LogP contribution in [0.4, 0.5) is 0 Å². The van der Waals surface area contributed by atoms with Gasteiger partial charge < -0.3 is 9.64 Å². The van der Waals surface area contributed by atoms with Crippen molar-refractivity contribution in [1.29, 1.82) is 0 Å². The number of amides is 1. The first kappa shape index (κ1) is 21.3. The van der Waals surface area contributed by atoms with Gasteiger partial charge >= 0.3 is 5.97 Å². The van der Waals surface area contributed by atoms with Gasteiger partial charge in [-0.15, -0.1) is 0 Å². The molecule has 3 rings (SSSR count). The van der Waals surface area contributed by atoms with Gasteiger partial charge in [-0.2, -0.15) is 0 Å². The maximum Gasteiger partial charge on any atom is 0.328 e. The zero-order chi connectivity index (χ0) is 21.7. The van der Waals surface area contributed by atoms with Gasteiger partial charge in [-0.05, 0) is 42.7 Å². The van der Waals surface area contributed by atoms with Crippen LogP contribution in [-0.2, 0) is 16.0 Å². The van der Waals surface area contributed by atoms with Crippen molar-refractivity contribution in [2.75, 3.05) is 14.2 Å². The molecule has 0 heterocycles. The molecule has 1 atom stereocenters. The number of methoxy groups -OCH3 is 1. The van der Waals surface area contributed by atoms with Crippen molar-refractivity contribution in [2.24, 2.45) is 0 Å². The summed E-state index contributed by atoms with van der Waals surface area (Å²) in [5.41, 5.74) is 5.80. The summed E-state index contributed by atoms with van der Waals surface area (Å²) in [6.45, 7) is 3.91. The van der Waals surface area contributed by atoms with E-state index in [1.54, 1.807) is 7.05 Å². The van der Waals surface area contributed by atoms with E-state index < -0.39 is 12.0 Å². The van der Waals surface area contributed by atoms with Crippen molar-refractivity contribution in [3.05, 3.63) is 95.1 Å². The predicted octanol–water partition coefficient (Wildman–Crippen LogP) is 4.83. The van der Waals surface area contributed by atoms with E-state index in [0.717, 1.165) is 27.8 Å². The number of carbonyl (C=O) groups excluding carboxylic acids is 2. The molecule has 154 valence electrons. The minimum atomic E-state index is -0.703. The summed E-state index contributed by atoms with van der Waals surface area (Å²) in [4.78, 5) is 27.0. The lowest BCUT2D eigenvalue weighted by Crippen LogP contribution is -2.44. The van der Waals surface area contributed by atoms with Gasteiger partial charge in [0.1, 0.15) is 6.04 Å². The molecule has 1 amide bonds. The standard InChI is InChI=1S/C26H27NO3/c1-18-14-19(2)16-23(15-18)25(28)27(3)24(26(29)30-4)17-20-10-12-22(13-11-20)21-8-6-5-7-9-21/h5-16,24H,17H2,1-4H3/t24-/m0/s1. The lowest BCUT2D eigenvalue weighted by atomic mass is 9.99. The van der Waals surface area contributed by atoms with E-state index in [-0.39, 0.29) is 5.91 Å². The van der Waals surface area contributed by atoms with Gasteiger partial charge in [-0.1, -0.05) is 71.8 Å². The van der Waals surface area contributed by atoms with Crippen LogP contribution in [0.25, 0.3) is 11.1 Å². The van der Waals surface area contributed by atoms with Crippen LogP contribution in [0.15, 0.2) is 72.8 Å². The molecule has 30 heavy (non-hydrogen) atoms. The van der Waals surface area contributed by atoms with E-state index in [2.05, 4.69) is 12.1 Å². The zero-order valence-electron chi connectivity index (χ0n) is 17.9. The molecule has 0 aromatic heterocycles. The molecule has 0 aliphatic rings. The van der Waals surface area contributed by atoms with Crippen molar-refractivity contribution >= 4 is 11.9 Å². The maximum atomic E-state index is 13.1. The smallest absolute Gasteiger partial charge is 0.328 e. The number of hydrogen-bond donors (Lipinski definition) is 0. The molecule has 0 N–H and O–H groups in total. The molecular weight excluding hydrogens is 374 g/mol. The first-order valence-electron chi connectivity index (χ1n) is 9.96. The van der Waals surface area contributed by atoms with Crippen LogP contribution < -0.4 is 0 Å². The molecule has 0 aliphatic heterocycles. The molecule has 4 nitrogen and oxygen atoms in total. The molecule has 0 radical (unpaired) electrons. The van der Waals surface area contributed by atoms with Crippen LogP contribution >= 0.6 is 0 Å². The quantitative estimate of drug-likeness (QED) is 0.556. The van der Waals surface area contributed by atoms with Crippen LogP contribution in [-0.4, -0.2) is 37.0 Å². The van der Waals surface area contributed by atoms with E-state index >= 15 is 0 Å². The Balaban J connectivity index is 1.82. The maximum absolute atomic E-state index is 13.1. The molecule has 0 saturated heterocycles. The first-order valence-corrected chi connectivity index (χ1v) is 9.96. The van der Waals surface area contributed by atoms with E-state index in [1.807, 2.05) is 74.5 Å². The first-order chi connectivity index (χ1) is 14.4. The summed E-state index contributed by atoms with van der Waals surface area (Å²) in [6, 6.07) is 23.2. The van der Waals surface area contributed by atoms with Crippen molar-refractivity contribution in [3.63, 3.8) is 0 Å². The number of ether oxygens (including phenoxy) is 1. The molecule has 0 unspecified atom stereocenters. The Kier molecular flexibility index (Phi) is 6.68. The highest BCUT2D eigenvalue weighted by molar-refractivity contribution is 5.97. The molecule has 0 aliphatic carbocycles. The fourth-order valence-electron chi connectivity index (χ4n) is 3.64. The molecule has 3 aromatic rings. The van der Waals surface area contributed by atoms with Crippen LogP contribution in [0, 0.1) is 13.8 Å². The highest BCUT2D eigenvalue weighted by Gasteiger charge is 2.29. The summed E-state index contributed by atoms with van der Waals surface area (Å²) in [7, 11) is 3.00. The number of benzene rings is 3. The van der Waals surface area contributed by atoms with Gasteiger partial charge in [0, 0.05) is 19.0 Å². The molecule has 0 saturated carbocycles. The van der Waals surface area contributed by atoms with E-state index in [9.17, 15) is 9.59 Å². The average molecular weight is 402 g/mol. The number of hydrogen-bond acceptors (Lipinski definition) is 3. The number of nitrogens with zero attached hydrogens (tertiary/aromatic N) is 1. The Morgan fingerprint density at radius 3 is 2.00 bits per heavy atom. The molecule has 4 heteroatoms. The summed E-state index contributed by atoms with van der Waals surface area (Å²) in [5, 5.41) is 0. The number of rotatable bonds is 6. The largest absolute Gasteiger partial charge is 0.467 e. The summed E-state index contributed by atoms with van der Waals surface area (Å²) >= 11 is 0. The fourth-order valence-corrected chi connectivity index (χ4v) is 3.64. The highest BCUT2D eigenvalue weighted by atomic mass is 16.5. The van der Waals surface area contributed by atoms with E-state index in [4.69, 9.17) is 4.74 Å². The third-order valence-corrected chi connectivity index (χ3v) is 5.22. The fraction of sp³-hybridized carbons (Fsp3) is 0.231. The lowest BCUT2D eigenvalue weighted by molar-refractivity contribution is -0.145. The average Bonchev–Trinajstić information content (AvgIpc) is 2.76. The zero-order valence-corrected chi connectivity index (χ0v) is 17.9. The predicted molar refractivity (Wildman–Crippen MR) is 119 cm³/mol. The summed E-state index contributed by atoms with van der Waals surface area (Å²) in [5.74, 6) is -0.625. The summed E-state index contributed by atoms with van der Waals surface area (Å²) < 4.78 is 5.00. The van der Waals surface area contributed by atoms with Crippen LogP contribution in [0.1, 0.15) is 27.0 Å². The Morgan fingerprint density at radius 2 is 1.43 bits per heavy atom. The number of carbonyl (C=O) groups is 2. The van der Waals surface area contributed by atoms with E-state index in [0.29, 0.717) is 12.0 Å². The molecular formula is C26H27NO3. The SMILES string of the molecule is COC(=O)[C@H](Cc1ccc(-c2ccccc2)cc1)N(C)C(=O)c1cc(C)cc(C)c1. The van der Waals surface area contributed by atoms with Gasteiger partial charge in [-0.25, -0.2) is 4.79 Å². The monoisotopic (exact) mass is 401 g/mol. The number of aryl methyl sites for hydroxylation is 2. The summed E-state index contributed by atoms with van der Waals surface area (Å²) in [6.07, 6.45) is 0.384. The third-order valence-electron chi connectivity index (χ3n) is 5.22. The third kappa shape index (κ3) is 4.95. The molecule has 3 aromatic carbocycles. The second-order valence-corrected chi connectivity index (χ2v) is 7.60. The molecule has 0 spiro atoms. The van der Waals surface area contributed by atoms with Gasteiger partial charge in [0.25, 0.3) is 5.91 Å². The number of esters is 1. The Bertz CT molecular complexity index is 1010. The Labute approximate surface area is 178 Å². The molecule has 0 fully saturated rings. The van der Waals surface area contributed by atoms with Gasteiger partial charge in [0.15, 0.2) is 0 Å². The van der Waals surface area contributed by atoms with E-state index in [1.165, 1.54) is 12.0 Å². The van der Waals surface area contributed by atoms with Crippen LogP contribution in [0.5, 0.6) is 0 Å². The van der Waals surface area contributed by atoms with Crippen molar-refractivity contribution in [2.45, 2.75) is 26.3 Å². The second-order valence-electron chi connectivity index (χ2n) is 7.60. The normalized spacial score (nSPS) is 11.6. The van der Waals surface area contributed by atoms with Crippen LogP contribution in [0.3, 0.4) is 0 Å². The minimum absolute atomic E-state index is 0.196. The molecule has 0 bridgehead atoms. The second kappa shape index (κ2) is 9.40. The van der Waals surface area contributed by atoms with Gasteiger partial charge in [0.2, 0.25) is 0 Å². The van der Waals surface area contributed by atoms with Gasteiger partial charge in [0.05, 0.1) is 7.11 Å². The van der Waals surface area contributed by atoms with Crippen LogP contribution in [0.2, 0.25) is 0 Å². The highest BCUT2D eigenvalue weighted by Crippen LogP contribution is 2.21.